The number of nitrogens with zero attached hydrogens (tertiary/aromatic N) is 1. The molecule has 1 N–H and O–H groups in total. The maximum absolute atomic E-state index is 12.0. The number of benzene rings is 1. The van der Waals surface area contributed by atoms with Gasteiger partial charge in [-0.3, -0.25) is 9.59 Å². The summed E-state index contributed by atoms with van der Waals surface area (Å²) in [6.45, 7) is 5.23. The number of methoxy groups -OCH3 is 1. The number of hydrogen-bond donors (Lipinski definition) is 1. The van der Waals surface area contributed by atoms with Gasteiger partial charge >= 0.3 is 0 Å². The van der Waals surface area contributed by atoms with Crippen LogP contribution in [0.15, 0.2) is 18.2 Å². The van der Waals surface area contributed by atoms with Gasteiger partial charge in [-0.1, -0.05) is 0 Å². The fourth-order valence-electron chi connectivity index (χ4n) is 2.48. The molecule has 23 heavy (non-hydrogen) atoms. The third-order valence-electron chi connectivity index (χ3n) is 3.83. The first-order valence-corrected chi connectivity index (χ1v) is 7.92. The van der Waals surface area contributed by atoms with E-state index in [0.29, 0.717) is 36.5 Å². The normalized spacial score (nSPS) is 14.4. The average Bonchev–Trinajstić information content (AvgIpc) is 2.59. The minimum absolute atomic E-state index is 0.0172. The second kappa shape index (κ2) is 8.53. The van der Waals surface area contributed by atoms with E-state index in [1.54, 1.807) is 25.3 Å². The summed E-state index contributed by atoms with van der Waals surface area (Å²) in [5.41, 5.74) is 0.586. The number of ether oxygens (including phenoxy) is 2. The van der Waals surface area contributed by atoms with E-state index in [1.807, 2.05) is 4.90 Å². The van der Waals surface area contributed by atoms with E-state index in [9.17, 15) is 9.59 Å². The van der Waals surface area contributed by atoms with Crippen molar-refractivity contribution in [2.24, 2.45) is 0 Å². The molecule has 1 amide bonds. The molecule has 6 heteroatoms. The summed E-state index contributed by atoms with van der Waals surface area (Å²) in [4.78, 5) is 25.3. The Morgan fingerprint density at radius 1 is 1.22 bits per heavy atom. The van der Waals surface area contributed by atoms with Gasteiger partial charge in [0.05, 0.1) is 13.7 Å². The van der Waals surface area contributed by atoms with Gasteiger partial charge in [-0.15, -0.1) is 0 Å². The number of piperazine rings is 1. The number of carbonyl (C=O) groups is 2. The van der Waals surface area contributed by atoms with Gasteiger partial charge in [-0.2, -0.15) is 0 Å². The van der Waals surface area contributed by atoms with Crippen molar-refractivity contribution < 1.29 is 19.1 Å². The van der Waals surface area contributed by atoms with Crippen molar-refractivity contribution in [3.05, 3.63) is 23.8 Å². The van der Waals surface area contributed by atoms with Gasteiger partial charge < -0.3 is 19.7 Å². The lowest BCUT2D eigenvalue weighted by Crippen LogP contribution is -2.46. The topological polar surface area (TPSA) is 67.9 Å². The van der Waals surface area contributed by atoms with Crippen molar-refractivity contribution >= 4 is 11.7 Å². The molecule has 0 aromatic heterocycles. The lowest BCUT2D eigenvalue weighted by atomic mass is 10.1. The molecule has 0 radical (unpaired) electrons. The lowest BCUT2D eigenvalue weighted by Gasteiger charge is -2.27. The van der Waals surface area contributed by atoms with Crippen LogP contribution in [-0.4, -0.2) is 56.5 Å². The van der Waals surface area contributed by atoms with Gasteiger partial charge in [0.2, 0.25) is 5.91 Å². The molecule has 1 heterocycles. The third kappa shape index (κ3) is 4.96. The summed E-state index contributed by atoms with van der Waals surface area (Å²) in [6, 6.07) is 5.11. The number of carbonyl (C=O) groups excluding carboxylic acids is 2. The van der Waals surface area contributed by atoms with Crippen LogP contribution < -0.4 is 14.8 Å². The summed E-state index contributed by atoms with van der Waals surface area (Å²) < 4.78 is 10.9. The SMILES string of the molecule is COc1cc(C(C)=O)ccc1OCCCC(=O)N1CCNCC1. The molecule has 1 saturated heterocycles. The van der Waals surface area contributed by atoms with Crippen LogP contribution in [0.2, 0.25) is 0 Å². The maximum Gasteiger partial charge on any atom is 0.222 e. The standard InChI is InChI=1S/C17H24N2O4/c1-13(20)14-5-6-15(16(12-14)22-2)23-11-3-4-17(21)19-9-7-18-8-10-19/h5-6,12,18H,3-4,7-11H2,1-2H3. The van der Waals surface area contributed by atoms with Gasteiger partial charge in [0, 0.05) is 38.2 Å². The van der Waals surface area contributed by atoms with Crippen molar-refractivity contribution in [1.82, 2.24) is 10.2 Å². The van der Waals surface area contributed by atoms with Crippen LogP contribution in [0.4, 0.5) is 0 Å². The van der Waals surface area contributed by atoms with Crippen LogP contribution >= 0.6 is 0 Å². The average molecular weight is 320 g/mol. The Hall–Kier alpha value is -2.08. The highest BCUT2D eigenvalue weighted by Crippen LogP contribution is 2.28. The molecule has 1 aromatic rings. The summed E-state index contributed by atoms with van der Waals surface area (Å²) in [5.74, 6) is 1.28. The highest BCUT2D eigenvalue weighted by Gasteiger charge is 2.15. The van der Waals surface area contributed by atoms with E-state index in [2.05, 4.69) is 5.32 Å². The van der Waals surface area contributed by atoms with Crippen molar-refractivity contribution in [1.29, 1.82) is 0 Å². The Labute approximate surface area is 136 Å². The minimum Gasteiger partial charge on any atom is -0.493 e. The monoisotopic (exact) mass is 320 g/mol. The summed E-state index contributed by atoms with van der Waals surface area (Å²) >= 11 is 0. The molecule has 0 aliphatic carbocycles. The molecular formula is C17H24N2O4. The predicted octanol–water partition coefficient (Wildman–Crippen LogP) is 1.49. The molecule has 6 nitrogen and oxygen atoms in total. The van der Waals surface area contributed by atoms with Gasteiger partial charge in [-0.05, 0) is 31.5 Å². The molecular weight excluding hydrogens is 296 g/mol. The van der Waals surface area contributed by atoms with E-state index >= 15 is 0 Å². The molecule has 0 bridgehead atoms. The Balaban J connectivity index is 1.79. The van der Waals surface area contributed by atoms with E-state index in [1.165, 1.54) is 6.92 Å². The first-order valence-electron chi connectivity index (χ1n) is 7.92. The predicted molar refractivity (Wildman–Crippen MR) is 87.2 cm³/mol. The van der Waals surface area contributed by atoms with E-state index in [-0.39, 0.29) is 11.7 Å². The van der Waals surface area contributed by atoms with Gasteiger partial charge in [0.25, 0.3) is 0 Å². The van der Waals surface area contributed by atoms with Crippen LogP contribution in [0.1, 0.15) is 30.1 Å². The number of Topliss-reactive ketones (excluding diaryl/α,β-unsaturated/α-hetero) is 1. The Kier molecular flexibility index (Phi) is 6.40. The summed E-state index contributed by atoms with van der Waals surface area (Å²) in [5, 5.41) is 3.23. The number of nitrogens with one attached hydrogen (secondary N) is 1. The molecule has 2 rings (SSSR count). The molecule has 126 valence electrons. The molecule has 1 aliphatic rings. The molecule has 1 aromatic carbocycles. The highest BCUT2D eigenvalue weighted by molar-refractivity contribution is 5.94. The number of hydrogen-bond acceptors (Lipinski definition) is 5. The number of rotatable bonds is 7. The van der Waals surface area contributed by atoms with Gasteiger partial charge in [-0.25, -0.2) is 0 Å². The van der Waals surface area contributed by atoms with E-state index in [0.717, 1.165) is 26.2 Å². The molecule has 0 saturated carbocycles. The fourth-order valence-corrected chi connectivity index (χ4v) is 2.48. The van der Waals surface area contributed by atoms with E-state index < -0.39 is 0 Å². The second-order valence-corrected chi connectivity index (χ2v) is 5.50. The Morgan fingerprint density at radius 3 is 2.61 bits per heavy atom. The zero-order valence-electron chi connectivity index (χ0n) is 13.8. The smallest absolute Gasteiger partial charge is 0.222 e. The Morgan fingerprint density at radius 2 is 1.96 bits per heavy atom. The van der Waals surface area contributed by atoms with E-state index in [4.69, 9.17) is 9.47 Å². The van der Waals surface area contributed by atoms with Crippen molar-refractivity contribution in [3.63, 3.8) is 0 Å². The molecule has 1 fully saturated rings. The van der Waals surface area contributed by atoms with Crippen LogP contribution in [0.5, 0.6) is 11.5 Å². The zero-order chi connectivity index (χ0) is 16.7. The summed E-state index contributed by atoms with van der Waals surface area (Å²) in [6.07, 6.45) is 1.13. The molecule has 0 unspecified atom stereocenters. The van der Waals surface area contributed by atoms with Crippen molar-refractivity contribution in [3.8, 4) is 11.5 Å². The number of amides is 1. The maximum atomic E-state index is 12.0. The van der Waals surface area contributed by atoms with Crippen LogP contribution in [0, 0.1) is 0 Å². The minimum atomic E-state index is -0.0172. The molecule has 1 aliphatic heterocycles. The first-order chi connectivity index (χ1) is 11.1. The first kappa shape index (κ1) is 17.3. The van der Waals surface area contributed by atoms with Gasteiger partial charge in [0.15, 0.2) is 17.3 Å². The molecule has 0 spiro atoms. The quantitative estimate of drug-likeness (QED) is 0.609. The number of ketones is 1. The largest absolute Gasteiger partial charge is 0.493 e. The van der Waals surface area contributed by atoms with Crippen LogP contribution in [0.3, 0.4) is 0 Å². The fraction of sp³-hybridized carbons (Fsp3) is 0.529. The lowest BCUT2D eigenvalue weighted by molar-refractivity contribution is -0.132. The summed E-state index contributed by atoms with van der Waals surface area (Å²) in [7, 11) is 1.54. The zero-order valence-corrected chi connectivity index (χ0v) is 13.8. The van der Waals surface area contributed by atoms with Crippen LogP contribution in [-0.2, 0) is 4.79 Å². The van der Waals surface area contributed by atoms with Gasteiger partial charge in [0.1, 0.15) is 0 Å². The third-order valence-corrected chi connectivity index (χ3v) is 3.83. The van der Waals surface area contributed by atoms with Crippen molar-refractivity contribution in [2.75, 3.05) is 39.9 Å². The second-order valence-electron chi connectivity index (χ2n) is 5.50. The Bertz CT molecular complexity index is 554. The molecule has 0 atom stereocenters. The van der Waals surface area contributed by atoms with Crippen LogP contribution in [0.25, 0.3) is 0 Å². The highest BCUT2D eigenvalue weighted by atomic mass is 16.5. The van der Waals surface area contributed by atoms with Crippen molar-refractivity contribution in [2.45, 2.75) is 19.8 Å².